The largest absolute Gasteiger partial charge is 0.393 e. The van der Waals surface area contributed by atoms with Crippen molar-refractivity contribution in [2.24, 2.45) is 44.3 Å². The number of hydrogen-bond donors (Lipinski definition) is 2. The van der Waals surface area contributed by atoms with Crippen molar-refractivity contribution in [2.45, 2.75) is 119 Å². The molecule has 2 nitrogen and oxygen atoms in total. The van der Waals surface area contributed by atoms with E-state index in [4.69, 9.17) is 0 Å². The molecule has 0 radical (unpaired) electrons. The van der Waals surface area contributed by atoms with Crippen LogP contribution in [0.15, 0.2) is 23.3 Å². The molecule has 2 heteroatoms. The number of aliphatic hydroxyl groups excluding tert-OH is 2. The minimum absolute atomic E-state index is 0.0126. The molecule has 0 heterocycles. The van der Waals surface area contributed by atoms with Crippen molar-refractivity contribution in [1.82, 2.24) is 0 Å². The average Bonchev–Trinajstić information content (AvgIpc) is 2.68. The van der Waals surface area contributed by atoms with Gasteiger partial charge in [0.2, 0.25) is 0 Å². The van der Waals surface area contributed by atoms with Gasteiger partial charge in [0, 0.05) is 0 Å². The highest BCUT2D eigenvalue weighted by atomic mass is 16.3. The molecule has 0 unspecified atom stereocenters. The van der Waals surface area contributed by atoms with E-state index < -0.39 is 0 Å². The van der Waals surface area contributed by atoms with Gasteiger partial charge in [-0.1, -0.05) is 78.7 Å². The molecule has 0 spiro atoms. The molecule has 32 heavy (non-hydrogen) atoms. The van der Waals surface area contributed by atoms with Crippen LogP contribution in [0.1, 0.15) is 107 Å². The summed E-state index contributed by atoms with van der Waals surface area (Å²) >= 11 is 0. The van der Waals surface area contributed by atoms with Crippen LogP contribution in [0.25, 0.3) is 0 Å². The molecular formula is C30H48O2. The highest BCUT2D eigenvalue weighted by Gasteiger charge is 2.66. The molecule has 180 valence electrons. The summed E-state index contributed by atoms with van der Waals surface area (Å²) in [6.07, 6.45) is 13.7. The summed E-state index contributed by atoms with van der Waals surface area (Å²) in [6.45, 7) is 19.4. The zero-order valence-electron chi connectivity index (χ0n) is 22.0. The molecular weight excluding hydrogens is 392 g/mol. The monoisotopic (exact) mass is 440 g/mol. The summed E-state index contributed by atoms with van der Waals surface area (Å²) in [6, 6.07) is 0. The third-order valence-corrected chi connectivity index (χ3v) is 12.6. The van der Waals surface area contributed by atoms with Crippen LogP contribution < -0.4 is 0 Å². The number of aliphatic hydroxyl groups is 2. The van der Waals surface area contributed by atoms with Gasteiger partial charge in [-0.15, -0.1) is 0 Å². The third-order valence-electron chi connectivity index (χ3n) is 12.6. The lowest BCUT2D eigenvalue weighted by Crippen LogP contribution is -2.61. The van der Waals surface area contributed by atoms with Crippen LogP contribution in [-0.2, 0) is 0 Å². The summed E-state index contributed by atoms with van der Waals surface area (Å²) < 4.78 is 0. The van der Waals surface area contributed by atoms with Crippen LogP contribution in [-0.4, -0.2) is 22.4 Å². The standard InChI is InChI=1S/C30H48O2/c1-25(2)17-20-19-9-10-22-28(6)13-12-23(31)26(3,4)21(28)11-14-30(22,8)29(19,7)16-15-27(20,5)18-24(25)32/h9-10,20-21,23-24,31-32H,11-18H2,1-8H3/t20-,21-,23+,24-,27-,28-,29+,30+/m0/s1. The second kappa shape index (κ2) is 6.54. The smallest absolute Gasteiger partial charge is 0.0596 e. The first kappa shape index (κ1) is 23.2. The molecule has 4 fully saturated rings. The van der Waals surface area contributed by atoms with Crippen LogP contribution in [0.4, 0.5) is 0 Å². The van der Waals surface area contributed by atoms with Crippen molar-refractivity contribution in [3.8, 4) is 0 Å². The van der Waals surface area contributed by atoms with E-state index >= 15 is 0 Å². The Hall–Kier alpha value is -0.600. The zero-order chi connectivity index (χ0) is 23.5. The third kappa shape index (κ3) is 2.66. The van der Waals surface area contributed by atoms with Gasteiger partial charge in [0.15, 0.2) is 0 Å². The molecule has 0 aromatic carbocycles. The van der Waals surface area contributed by atoms with E-state index in [1.165, 1.54) is 25.7 Å². The Morgan fingerprint density at radius 3 is 2.09 bits per heavy atom. The summed E-state index contributed by atoms with van der Waals surface area (Å²) in [5.41, 5.74) is 4.15. The zero-order valence-corrected chi connectivity index (χ0v) is 22.0. The van der Waals surface area contributed by atoms with E-state index in [0.717, 1.165) is 25.7 Å². The predicted molar refractivity (Wildman–Crippen MR) is 132 cm³/mol. The van der Waals surface area contributed by atoms with Crippen molar-refractivity contribution in [3.63, 3.8) is 0 Å². The van der Waals surface area contributed by atoms with Crippen LogP contribution in [0.5, 0.6) is 0 Å². The number of rotatable bonds is 0. The molecule has 0 aliphatic heterocycles. The molecule has 4 saturated carbocycles. The highest BCUT2D eigenvalue weighted by molar-refractivity contribution is 5.45. The van der Waals surface area contributed by atoms with Gasteiger partial charge in [0.25, 0.3) is 0 Å². The fourth-order valence-electron chi connectivity index (χ4n) is 9.86. The Kier molecular flexibility index (Phi) is 4.73. The maximum absolute atomic E-state index is 10.9. The predicted octanol–water partition coefficient (Wildman–Crippen LogP) is 7.06. The summed E-state index contributed by atoms with van der Waals surface area (Å²) in [4.78, 5) is 0. The van der Waals surface area contributed by atoms with Gasteiger partial charge in [0.1, 0.15) is 0 Å². The van der Waals surface area contributed by atoms with Crippen LogP contribution >= 0.6 is 0 Å². The van der Waals surface area contributed by atoms with Gasteiger partial charge >= 0.3 is 0 Å². The topological polar surface area (TPSA) is 40.5 Å². The van der Waals surface area contributed by atoms with E-state index in [1.807, 2.05) is 0 Å². The molecule has 0 amide bonds. The SMILES string of the molecule is CC1(C)C[C@H]2C3=CC=C4[C@@]5(C)CC[C@@H](O)C(C)(C)[C@@H]5CC[C@@]4(C)[C@]3(C)CC[C@@]2(C)C[C@@H]1O. The first-order chi connectivity index (χ1) is 14.6. The number of allylic oxidation sites excluding steroid dienone is 4. The first-order valence-electron chi connectivity index (χ1n) is 13.4. The maximum Gasteiger partial charge on any atom is 0.0596 e. The van der Waals surface area contributed by atoms with Crippen molar-refractivity contribution in [1.29, 1.82) is 0 Å². The molecule has 0 saturated heterocycles. The fraction of sp³-hybridized carbons (Fsp3) is 0.867. The average molecular weight is 441 g/mol. The van der Waals surface area contributed by atoms with Gasteiger partial charge < -0.3 is 10.2 Å². The lowest BCUT2D eigenvalue weighted by molar-refractivity contribution is -0.132. The van der Waals surface area contributed by atoms with Gasteiger partial charge in [-0.2, -0.15) is 0 Å². The van der Waals surface area contributed by atoms with Crippen molar-refractivity contribution in [2.75, 3.05) is 0 Å². The Labute approximate surface area is 197 Å². The molecule has 2 N–H and O–H groups in total. The van der Waals surface area contributed by atoms with E-state index in [2.05, 4.69) is 67.5 Å². The summed E-state index contributed by atoms with van der Waals surface area (Å²) in [7, 11) is 0. The molecule has 5 aliphatic carbocycles. The van der Waals surface area contributed by atoms with E-state index in [-0.39, 0.29) is 44.7 Å². The minimum atomic E-state index is -0.191. The number of fused-ring (bicyclic) bond motifs is 7. The van der Waals surface area contributed by atoms with Crippen molar-refractivity contribution < 1.29 is 10.2 Å². The van der Waals surface area contributed by atoms with Gasteiger partial charge in [0.05, 0.1) is 12.2 Å². The second-order valence-corrected chi connectivity index (χ2v) is 14.9. The molecule has 0 bridgehead atoms. The van der Waals surface area contributed by atoms with Gasteiger partial charge in [-0.25, -0.2) is 0 Å². The summed E-state index contributed by atoms with van der Waals surface area (Å²) in [5, 5.41) is 21.8. The second-order valence-electron chi connectivity index (χ2n) is 14.9. The lowest BCUT2D eigenvalue weighted by atomic mass is 9.36. The van der Waals surface area contributed by atoms with Crippen molar-refractivity contribution in [3.05, 3.63) is 23.3 Å². The molecule has 0 aromatic rings. The lowest BCUT2D eigenvalue weighted by Gasteiger charge is -2.68. The molecule has 0 aromatic heterocycles. The van der Waals surface area contributed by atoms with Gasteiger partial charge in [-0.3, -0.25) is 0 Å². The van der Waals surface area contributed by atoms with Crippen LogP contribution in [0, 0.1) is 44.3 Å². The van der Waals surface area contributed by atoms with E-state index in [1.54, 1.807) is 11.1 Å². The van der Waals surface area contributed by atoms with E-state index in [0.29, 0.717) is 11.8 Å². The minimum Gasteiger partial charge on any atom is -0.393 e. The summed E-state index contributed by atoms with van der Waals surface area (Å²) in [5.74, 6) is 1.12. The maximum atomic E-state index is 10.9. The first-order valence-corrected chi connectivity index (χ1v) is 13.4. The van der Waals surface area contributed by atoms with Crippen molar-refractivity contribution >= 4 is 0 Å². The molecule has 8 atom stereocenters. The fourth-order valence-corrected chi connectivity index (χ4v) is 9.86. The quantitative estimate of drug-likeness (QED) is 0.423. The Bertz CT molecular complexity index is 879. The van der Waals surface area contributed by atoms with Gasteiger partial charge in [-0.05, 0) is 95.7 Å². The number of hydrogen-bond acceptors (Lipinski definition) is 2. The van der Waals surface area contributed by atoms with E-state index in [9.17, 15) is 10.2 Å². The highest BCUT2D eigenvalue weighted by Crippen LogP contribution is 2.74. The van der Waals surface area contributed by atoms with Crippen LogP contribution in [0.3, 0.4) is 0 Å². The normalized spacial score (nSPS) is 53.7. The molecule has 5 rings (SSSR count). The Balaban J connectivity index is 1.62. The molecule has 5 aliphatic rings. The Morgan fingerprint density at radius 2 is 1.41 bits per heavy atom. The Morgan fingerprint density at radius 1 is 0.719 bits per heavy atom. The van der Waals surface area contributed by atoms with Crippen LogP contribution in [0.2, 0.25) is 0 Å².